The first kappa shape index (κ1) is 20.0. The Bertz CT molecular complexity index is 950. The quantitative estimate of drug-likeness (QED) is 0.784. The summed E-state index contributed by atoms with van der Waals surface area (Å²) in [6.45, 7) is 4.94. The first-order chi connectivity index (χ1) is 14.1. The van der Waals surface area contributed by atoms with Crippen molar-refractivity contribution in [1.29, 1.82) is 0 Å². The summed E-state index contributed by atoms with van der Waals surface area (Å²) in [6.07, 6.45) is 6.23. The molecule has 2 fully saturated rings. The van der Waals surface area contributed by atoms with E-state index in [0.717, 1.165) is 10.9 Å². The number of ether oxygens (including phenoxy) is 1. The Balaban J connectivity index is 1.44. The van der Waals surface area contributed by atoms with Gasteiger partial charge in [0.1, 0.15) is 11.3 Å². The lowest BCUT2D eigenvalue weighted by molar-refractivity contribution is -0.120. The van der Waals surface area contributed by atoms with Crippen molar-refractivity contribution in [2.45, 2.75) is 51.5 Å². The standard InChI is InChI=1S/C23H30N2O4/c1-15-18-9-8-17(28-2)12-21(18)29-23(27)19(15)13-22(26)24-14-16-6-5-11-25-10-4-3-7-20(16)25/h8-9,12,16,20H,3-7,10-11,13-14H2,1-2H3,(H,24,26)/t16-,20?/m0/s1. The van der Waals surface area contributed by atoms with Crippen LogP contribution < -0.4 is 15.7 Å². The van der Waals surface area contributed by atoms with Crippen molar-refractivity contribution in [2.24, 2.45) is 5.92 Å². The minimum Gasteiger partial charge on any atom is -0.497 e. The molecule has 0 spiro atoms. The normalized spacial score (nSPS) is 22.3. The van der Waals surface area contributed by atoms with Crippen LogP contribution in [-0.2, 0) is 11.2 Å². The third kappa shape index (κ3) is 4.17. The number of nitrogens with zero attached hydrogens (tertiary/aromatic N) is 1. The molecule has 2 aliphatic heterocycles. The SMILES string of the molecule is COc1ccc2c(C)c(CC(=O)NC[C@@H]3CCCN4CCCCC34)c(=O)oc2c1. The van der Waals surface area contributed by atoms with Gasteiger partial charge in [0.2, 0.25) is 5.91 Å². The summed E-state index contributed by atoms with van der Waals surface area (Å²) >= 11 is 0. The lowest BCUT2D eigenvalue weighted by atomic mass is 9.83. The van der Waals surface area contributed by atoms with Crippen molar-refractivity contribution in [1.82, 2.24) is 10.2 Å². The zero-order valence-electron chi connectivity index (χ0n) is 17.3. The Morgan fingerprint density at radius 2 is 2.07 bits per heavy atom. The number of carbonyl (C=O) groups is 1. The number of fused-ring (bicyclic) bond motifs is 2. The van der Waals surface area contributed by atoms with E-state index in [4.69, 9.17) is 9.15 Å². The summed E-state index contributed by atoms with van der Waals surface area (Å²) in [4.78, 5) is 27.7. The minimum atomic E-state index is -0.450. The van der Waals surface area contributed by atoms with Gasteiger partial charge in [-0.15, -0.1) is 0 Å². The molecule has 0 saturated carbocycles. The number of amides is 1. The molecular weight excluding hydrogens is 368 g/mol. The number of nitrogens with one attached hydrogen (secondary N) is 1. The smallest absolute Gasteiger partial charge is 0.340 e. The first-order valence-corrected chi connectivity index (χ1v) is 10.7. The minimum absolute atomic E-state index is 0.0528. The zero-order valence-corrected chi connectivity index (χ0v) is 17.3. The van der Waals surface area contributed by atoms with Crippen LogP contribution in [0.5, 0.6) is 5.75 Å². The fourth-order valence-electron chi connectivity index (χ4n) is 4.99. The summed E-state index contributed by atoms with van der Waals surface area (Å²) in [5.41, 5.74) is 1.26. The van der Waals surface area contributed by atoms with Gasteiger partial charge in [-0.3, -0.25) is 4.79 Å². The van der Waals surface area contributed by atoms with E-state index < -0.39 is 5.63 Å². The van der Waals surface area contributed by atoms with Gasteiger partial charge in [0.25, 0.3) is 0 Å². The van der Waals surface area contributed by atoms with Gasteiger partial charge < -0.3 is 19.4 Å². The third-order valence-electron chi connectivity index (χ3n) is 6.62. The molecule has 1 aromatic heterocycles. The second-order valence-electron chi connectivity index (χ2n) is 8.34. The number of aryl methyl sites for hydroxylation is 1. The fourth-order valence-corrected chi connectivity index (χ4v) is 4.99. The van der Waals surface area contributed by atoms with E-state index in [1.807, 2.05) is 19.1 Å². The van der Waals surface area contributed by atoms with Gasteiger partial charge in [-0.1, -0.05) is 6.42 Å². The Kier molecular flexibility index (Phi) is 5.90. The number of piperidine rings is 2. The summed E-state index contributed by atoms with van der Waals surface area (Å²) in [6, 6.07) is 6.00. The fraction of sp³-hybridized carbons (Fsp3) is 0.565. The van der Waals surface area contributed by atoms with Crippen LogP contribution in [0.1, 0.15) is 43.2 Å². The van der Waals surface area contributed by atoms with E-state index >= 15 is 0 Å². The van der Waals surface area contributed by atoms with Crippen molar-refractivity contribution < 1.29 is 13.9 Å². The Labute approximate surface area is 171 Å². The summed E-state index contributed by atoms with van der Waals surface area (Å²) in [5.74, 6) is 1.03. The molecule has 0 aliphatic carbocycles. The Morgan fingerprint density at radius 3 is 2.90 bits per heavy atom. The highest BCUT2D eigenvalue weighted by Gasteiger charge is 2.33. The van der Waals surface area contributed by atoms with Crippen molar-refractivity contribution in [3.63, 3.8) is 0 Å². The van der Waals surface area contributed by atoms with Gasteiger partial charge in [-0.25, -0.2) is 4.79 Å². The van der Waals surface area contributed by atoms with Crippen LogP contribution in [-0.4, -0.2) is 43.6 Å². The average Bonchev–Trinajstić information content (AvgIpc) is 2.74. The van der Waals surface area contributed by atoms with Gasteiger partial charge in [0, 0.05) is 24.0 Å². The zero-order chi connectivity index (χ0) is 20.4. The van der Waals surface area contributed by atoms with Crippen LogP contribution >= 0.6 is 0 Å². The first-order valence-electron chi connectivity index (χ1n) is 10.7. The van der Waals surface area contributed by atoms with Gasteiger partial charge >= 0.3 is 5.63 Å². The Morgan fingerprint density at radius 1 is 1.24 bits per heavy atom. The third-order valence-corrected chi connectivity index (χ3v) is 6.62. The maximum Gasteiger partial charge on any atom is 0.340 e. The van der Waals surface area contributed by atoms with Crippen molar-refractivity contribution in [3.05, 3.63) is 39.7 Å². The molecule has 1 amide bonds. The van der Waals surface area contributed by atoms with E-state index in [-0.39, 0.29) is 12.3 Å². The van der Waals surface area contributed by atoms with Crippen LogP contribution in [0.4, 0.5) is 0 Å². The highest BCUT2D eigenvalue weighted by molar-refractivity contribution is 5.85. The molecule has 2 saturated heterocycles. The molecule has 2 atom stereocenters. The van der Waals surface area contributed by atoms with Gasteiger partial charge in [-0.05, 0) is 69.3 Å². The molecule has 0 bridgehead atoms. The predicted molar refractivity (Wildman–Crippen MR) is 112 cm³/mol. The van der Waals surface area contributed by atoms with E-state index in [2.05, 4.69) is 10.2 Å². The van der Waals surface area contributed by atoms with Crippen LogP contribution in [0.15, 0.2) is 27.4 Å². The molecule has 4 rings (SSSR count). The van der Waals surface area contributed by atoms with Crippen LogP contribution in [0.3, 0.4) is 0 Å². The maximum absolute atomic E-state index is 12.6. The second-order valence-corrected chi connectivity index (χ2v) is 8.34. The number of hydrogen-bond donors (Lipinski definition) is 1. The number of carbonyl (C=O) groups excluding carboxylic acids is 1. The molecule has 156 valence electrons. The molecule has 1 unspecified atom stereocenters. The lowest BCUT2D eigenvalue weighted by Crippen LogP contribution is -2.51. The highest BCUT2D eigenvalue weighted by Crippen LogP contribution is 2.30. The molecule has 3 heterocycles. The molecule has 29 heavy (non-hydrogen) atoms. The van der Waals surface area contributed by atoms with Crippen molar-refractivity contribution >= 4 is 16.9 Å². The molecule has 2 aliphatic rings. The molecular formula is C23H30N2O4. The van der Waals surface area contributed by atoms with E-state index in [0.29, 0.717) is 35.4 Å². The van der Waals surface area contributed by atoms with Gasteiger partial charge in [-0.2, -0.15) is 0 Å². The summed E-state index contributed by atoms with van der Waals surface area (Å²) in [5, 5.41) is 3.92. The molecule has 6 heteroatoms. The number of methoxy groups -OCH3 is 1. The molecule has 2 aromatic rings. The monoisotopic (exact) mass is 398 g/mol. The van der Waals surface area contributed by atoms with Crippen LogP contribution in [0, 0.1) is 12.8 Å². The van der Waals surface area contributed by atoms with Crippen LogP contribution in [0.25, 0.3) is 11.0 Å². The number of rotatable bonds is 5. The Hall–Kier alpha value is -2.34. The molecule has 0 radical (unpaired) electrons. The van der Waals surface area contributed by atoms with Crippen molar-refractivity contribution in [3.8, 4) is 5.75 Å². The average molecular weight is 399 g/mol. The summed E-state index contributed by atoms with van der Waals surface area (Å²) < 4.78 is 10.7. The predicted octanol–water partition coefficient (Wildman–Crippen LogP) is 3.03. The maximum atomic E-state index is 12.6. The van der Waals surface area contributed by atoms with E-state index in [1.54, 1.807) is 13.2 Å². The molecule has 6 nitrogen and oxygen atoms in total. The lowest BCUT2D eigenvalue weighted by Gasteiger charge is -2.44. The number of benzene rings is 1. The van der Waals surface area contributed by atoms with E-state index in [1.165, 1.54) is 45.2 Å². The topological polar surface area (TPSA) is 71.8 Å². The van der Waals surface area contributed by atoms with Crippen LogP contribution in [0.2, 0.25) is 0 Å². The summed E-state index contributed by atoms with van der Waals surface area (Å²) in [7, 11) is 1.57. The van der Waals surface area contributed by atoms with Crippen molar-refractivity contribution in [2.75, 3.05) is 26.7 Å². The molecule has 1 aromatic carbocycles. The number of hydrogen-bond acceptors (Lipinski definition) is 5. The van der Waals surface area contributed by atoms with Gasteiger partial charge in [0.15, 0.2) is 0 Å². The highest BCUT2D eigenvalue weighted by atomic mass is 16.5. The van der Waals surface area contributed by atoms with Gasteiger partial charge in [0.05, 0.1) is 19.1 Å². The second kappa shape index (κ2) is 8.57. The molecule has 1 N–H and O–H groups in total. The van der Waals surface area contributed by atoms with E-state index in [9.17, 15) is 9.59 Å². The largest absolute Gasteiger partial charge is 0.497 e.